The predicted octanol–water partition coefficient (Wildman–Crippen LogP) is 5.05. The van der Waals surface area contributed by atoms with Gasteiger partial charge in [0.1, 0.15) is 11.6 Å². The number of piperidine rings is 1. The largest absolute Gasteiger partial charge is 0.508 e. The molecule has 1 amide bonds. The SMILES string of the molecule is CCN(c1ncc(F)cc1NC(C)(C)C)C1CCN(C(=O)n2ccc3cc(O)ccc32)CC1. The molecular formula is C25H32FN5O2. The van der Waals surface area contributed by atoms with Crippen molar-refractivity contribution < 1.29 is 14.3 Å². The second-order valence-electron chi connectivity index (χ2n) is 9.62. The predicted molar refractivity (Wildman–Crippen MR) is 130 cm³/mol. The summed E-state index contributed by atoms with van der Waals surface area (Å²) < 4.78 is 15.6. The maximum atomic E-state index is 14.0. The molecule has 8 heteroatoms. The molecule has 0 aliphatic carbocycles. The molecule has 3 aromatic rings. The Kier molecular flexibility index (Phi) is 6.19. The summed E-state index contributed by atoms with van der Waals surface area (Å²) in [6, 6.07) is 8.49. The molecule has 0 radical (unpaired) electrons. The standard InChI is InChI=1S/C25H32FN5O2/c1-5-30(23-21(28-25(2,3)4)15-18(26)16-27-23)19-9-11-29(12-10-19)24(33)31-13-8-17-14-20(32)6-7-22(17)31/h6-8,13-16,19,28,32H,5,9-12H2,1-4H3. The summed E-state index contributed by atoms with van der Waals surface area (Å²) >= 11 is 0. The lowest BCUT2D eigenvalue weighted by molar-refractivity contribution is 0.183. The number of fused-ring (bicyclic) bond motifs is 1. The van der Waals surface area contributed by atoms with Gasteiger partial charge in [0, 0.05) is 48.9 Å². The number of nitrogens with one attached hydrogen (secondary N) is 1. The second-order valence-corrected chi connectivity index (χ2v) is 9.62. The fourth-order valence-corrected chi connectivity index (χ4v) is 4.56. The highest BCUT2D eigenvalue weighted by Crippen LogP contribution is 2.31. The molecule has 3 heterocycles. The summed E-state index contributed by atoms with van der Waals surface area (Å²) in [4.78, 5) is 21.7. The summed E-state index contributed by atoms with van der Waals surface area (Å²) in [7, 11) is 0. The van der Waals surface area contributed by atoms with E-state index >= 15 is 0 Å². The quantitative estimate of drug-likeness (QED) is 0.578. The van der Waals surface area contributed by atoms with Crippen LogP contribution in [0.5, 0.6) is 5.75 Å². The minimum absolute atomic E-state index is 0.0628. The number of carbonyl (C=O) groups is 1. The number of hydrogen-bond donors (Lipinski definition) is 2. The Labute approximate surface area is 193 Å². The van der Waals surface area contributed by atoms with E-state index in [0.29, 0.717) is 18.8 Å². The van der Waals surface area contributed by atoms with Crippen LogP contribution in [0.15, 0.2) is 42.7 Å². The van der Waals surface area contributed by atoms with Gasteiger partial charge >= 0.3 is 6.03 Å². The van der Waals surface area contributed by atoms with Crippen LogP contribution in [0.4, 0.5) is 20.7 Å². The number of aromatic nitrogens is 2. The normalized spacial score (nSPS) is 15.1. The minimum Gasteiger partial charge on any atom is -0.508 e. The van der Waals surface area contributed by atoms with Crippen LogP contribution in [-0.2, 0) is 0 Å². The molecule has 33 heavy (non-hydrogen) atoms. The zero-order valence-electron chi connectivity index (χ0n) is 19.7. The van der Waals surface area contributed by atoms with E-state index in [1.165, 1.54) is 12.3 Å². The number of carbonyl (C=O) groups excluding carboxylic acids is 1. The number of hydrogen-bond acceptors (Lipinski definition) is 5. The van der Waals surface area contributed by atoms with E-state index in [2.05, 4.69) is 22.1 Å². The lowest BCUT2D eigenvalue weighted by atomic mass is 10.0. The number of benzene rings is 1. The number of nitrogens with zero attached hydrogens (tertiary/aromatic N) is 4. The molecule has 7 nitrogen and oxygen atoms in total. The highest BCUT2D eigenvalue weighted by molar-refractivity contribution is 5.92. The highest BCUT2D eigenvalue weighted by Gasteiger charge is 2.29. The number of pyridine rings is 1. The first kappa shape index (κ1) is 22.9. The van der Waals surface area contributed by atoms with Crippen molar-refractivity contribution in [2.45, 2.75) is 52.1 Å². The van der Waals surface area contributed by atoms with Gasteiger partial charge in [0.2, 0.25) is 0 Å². The van der Waals surface area contributed by atoms with Gasteiger partial charge < -0.3 is 20.2 Å². The molecule has 0 bridgehead atoms. The number of phenols is 1. The molecule has 1 fully saturated rings. The third-order valence-electron chi connectivity index (χ3n) is 6.01. The Balaban J connectivity index is 1.49. The van der Waals surface area contributed by atoms with E-state index in [1.54, 1.807) is 29.0 Å². The van der Waals surface area contributed by atoms with Crippen LogP contribution in [0.1, 0.15) is 40.5 Å². The van der Waals surface area contributed by atoms with Crippen molar-refractivity contribution in [3.05, 3.63) is 48.5 Å². The van der Waals surface area contributed by atoms with Gasteiger partial charge in [-0.25, -0.2) is 14.2 Å². The van der Waals surface area contributed by atoms with E-state index in [4.69, 9.17) is 0 Å². The van der Waals surface area contributed by atoms with Crippen LogP contribution in [0, 0.1) is 5.82 Å². The third kappa shape index (κ3) is 4.89. The minimum atomic E-state index is -0.366. The summed E-state index contributed by atoms with van der Waals surface area (Å²) in [6.45, 7) is 10.2. The summed E-state index contributed by atoms with van der Waals surface area (Å²) in [5.41, 5.74) is 1.24. The van der Waals surface area contributed by atoms with E-state index in [0.717, 1.165) is 36.1 Å². The molecule has 4 rings (SSSR count). The molecular weight excluding hydrogens is 421 g/mol. The van der Waals surface area contributed by atoms with Gasteiger partial charge in [0.25, 0.3) is 0 Å². The average molecular weight is 454 g/mol. The maximum Gasteiger partial charge on any atom is 0.328 e. The van der Waals surface area contributed by atoms with E-state index < -0.39 is 0 Å². The van der Waals surface area contributed by atoms with Crippen molar-refractivity contribution in [2.24, 2.45) is 0 Å². The van der Waals surface area contributed by atoms with Crippen molar-refractivity contribution in [2.75, 3.05) is 29.9 Å². The Morgan fingerprint density at radius 2 is 1.97 bits per heavy atom. The molecule has 0 unspecified atom stereocenters. The molecule has 0 atom stereocenters. The first-order valence-electron chi connectivity index (χ1n) is 11.5. The smallest absolute Gasteiger partial charge is 0.328 e. The lowest BCUT2D eigenvalue weighted by Gasteiger charge is -2.39. The topological polar surface area (TPSA) is 73.6 Å². The van der Waals surface area contributed by atoms with Gasteiger partial charge in [-0.2, -0.15) is 0 Å². The van der Waals surface area contributed by atoms with E-state index in [1.807, 2.05) is 31.7 Å². The Bertz CT molecular complexity index is 1150. The third-order valence-corrected chi connectivity index (χ3v) is 6.01. The summed E-state index contributed by atoms with van der Waals surface area (Å²) in [5.74, 6) is 0.562. The van der Waals surface area contributed by atoms with E-state index in [9.17, 15) is 14.3 Å². The average Bonchev–Trinajstić information content (AvgIpc) is 3.17. The van der Waals surface area contributed by atoms with Crippen molar-refractivity contribution in [1.29, 1.82) is 0 Å². The molecule has 0 saturated carbocycles. The fourth-order valence-electron chi connectivity index (χ4n) is 4.56. The van der Waals surface area contributed by atoms with Gasteiger partial charge in [-0.05, 0) is 64.8 Å². The Morgan fingerprint density at radius 1 is 1.24 bits per heavy atom. The number of aromatic hydroxyl groups is 1. The number of phenolic OH excluding ortho intramolecular Hbond substituents is 1. The fraction of sp³-hybridized carbons (Fsp3) is 0.440. The van der Waals surface area contributed by atoms with Crippen LogP contribution >= 0.6 is 0 Å². The molecule has 1 aromatic carbocycles. The van der Waals surface area contributed by atoms with E-state index in [-0.39, 0.29) is 29.2 Å². The molecule has 2 N–H and O–H groups in total. The van der Waals surface area contributed by atoms with Gasteiger partial charge in [-0.15, -0.1) is 0 Å². The molecule has 1 saturated heterocycles. The number of anilines is 2. The molecule has 1 aliphatic rings. The second kappa shape index (κ2) is 8.92. The monoisotopic (exact) mass is 453 g/mol. The molecule has 2 aromatic heterocycles. The van der Waals surface area contributed by atoms with Gasteiger partial charge in [-0.1, -0.05) is 0 Å². The van der Waals surface area contributed by atoms with Crippen molar-refractivity contribution in [3.8, 4) is 5.75 Å². The molecule has 1 aliphatic heterocycles. The number of likely N-dealkylation sites (tertiary alicyclic amines) is 1. The summed E-state index contributed by atoms with van der Waals surface area (Å²) in [6.07, 6.45) is 4.62. The number of rotatable bonds is 4. The molecule has 0 spiro atoms. The van der Waals surface area contributed by atoms with Gasteiger partial charge in [-0.3, -0.25) is 4.57 Å². The van der Waals surface area contributed by atoms with Crippen molar-refractivity contribution in [1.82, 2.24) is 14.5 Å². The number of amides is 1. The van der Waals surface area contributed by atoms with Crippen LogP contribution in [0.2, 0.25) is 0 Å². The van der Waals surface area contributed by atoms with Gasteiger partial charge in [0.05, 0.1) is 17.4 Å². The van der Waals surface area contributed by atoms with Crippen LogP contribution in [0.25, 0.3) is 10.9 Å². The summed E-state index contributed by atoms with van der Waals surface area (Å²) in [5, 5.41) is 13.9. The Morgan fingerprint density at radius 3 is 2.64 bits per heavy atom. The lowest BCUT2D eigenvalue weighted by Crippen LogP contribution is -2.48. The maximum absolute atomic E-state index is 14.0. The first-order valence-corrected chi connectivity index (χ1v) is 11.5. The van der Waals surface area contributed by atoms with Crippen LogP contribution < -0.4 is 10.2 Å². The zero-order chi connectivity index (χ0) is 23.8. The highest BCUT2D eigenvalue weighted by atomic mass is 19.1. The first-order chi connectivity index (χ1) is 15.7. The zero-order valence-corrected chi connectivity index (χ0v) is 19.7. The molecule has 176 valence electrons. The van der Waals surface area contributed by atoms with Crippen molar-refractivity contribution in [3.63, 3.8) is 0 Å². The van der Waals surface area contributed by atoms with Crippen LogP contribution in [-0.4, -0.2) is 56.8 Å². The van der Waals surface area contributed by atoms with Crippen molar-refractivity contribution >= 4 is 28.4 Å². The Hall–Kier alpha value is -3.29. The van der Waals surface area contributed by atoms with Crippen LogP contribution in [0.3, 0.4) is 0 Å². The number of halogens is 1. The van der Waals surface area contributed by atoms with Gasteiger partial charge in [0.15, 0.2) is 5.82 Å².